The molecule has 0 amide bonds. The molecule has 1 rings (SSSR count). The molecule has 0 bridgehead atoms. The lowest BCUT2D eigenvalue weighted by Gasteiger charge is -2.01. The Hall–Kier alpha value is 0.700. The zero-order chi connectivity index (χ0) is 5.98. The fourth-order valence-electron chi connectivity index (χ4n) is 0.795. The van der Waals surface area contributed by atoms with Gasteiger partial charge in [-0.3, -0.25) is 0 Å². The molecule has 0 aliphatic carbocycles. The van der Waals surface area contributed by atoms with Crippen LogP contribution < -0.4 is 0 Å². The Bertz CT molecular complexity index is 72.9. The van der Waals surface area contributed by atoms with Crippen molar-refractivity contribution in [2.24, 2.45) is 0 Å². The first-order chi connectivity index (χ1) is 3.83. The van der Waals surface area contributed by atoms with Gasteiger partial charge in [-0.15, -0.1) is 23.5 Å². The molecule has 0 spiro atoms. The van der Waals surface area contributed by atoms with Crippen LogP contribution in [0.15, 0.2) is 0 Å². The highest BCUT2D eigenvalue weighted by Gasteiger charge is 2.19. The van der Waals surface area contributed by atoms with E-state index in [9.17, 15) is 0 Å². The molecule has 1 aliphatic rings. The molecule has 1 saturated heterocycles. The van der Waals surface area contributed by atoms with Gasteiger partial charge in [-0.05, 0) is 6.42 Å². The van der Waals surface area contributed by atoms with Crippen LogP contribution in [0, 0.1) is 0 Å². The number of hydrogen-bond acceptors (Lipinski definition) is 2. The van der Waals surface area contributed by atoms with Gasteiger partial charge in [0.25, 0.3) is 0 Å². The summed E-state index contributed by atoms with van der Waals surface area (Å²) in [4.78, 5) is 0. The summed E-state index contributed by atoms with van der Waals surface area (Å²) in [6, 6.07) is 0. The summed E-state index contributed by atoms with van der Waals surface area (Å²) in [5.74, 6) is 1.36. The summed E-state index contributed by atoms with van der Waals surface area (Å²) in [5.41, 5.74) is 0. The highest BCUT2D eigenvalue weighted by molar-refractivity contribution is 8.20. The Morgan fingerprint density at radius 2 is 2.38 bits per heavy atom. The molecule has 48 valence electrons. The zero-order valence-electron chi connectivity index (χ0n) is 5.39. The van der Waals surface area contributed by atoms with Gasteiger partial charge in [0, 0.05) is 11.0 Å². The molecule has 2 atom stereocenters. The first-order valence-corrected chi connectivity index (χ1v) is 5.09. The van der Waals surface area contributed by atoms with Gasteiger partial charge in [-0.1, -0.05) is 13.8 Å². The summed E-state index contributed by atoms with van der Waals surface area (Å²) in [6.07, 6.45) is 1.33. The quantitative estimate of drug-likeness (QED) is 0.560. The van der Waals surface area contributed by atoms with Crippen LogP contribution in [0.3, 0.4) is 0 Å². The third kappa shape index (κ3) is 1.59. The van der Waals surface area contributed by atoms with Crippen molar-refractivity contribution in [3.05, 3.63) is 0 Å². The van der Waals surface area contributed by atoms with Crippen LogP contribution in [-0.4, -0.2) is 15.6 Å². The largest absolute Gasteiger partial charge is 0.146 e. The lowest BCUT2D eigenvalue weighted by atomic mass is 10.6. The van der Waals surface area contributed by atoms with Crippen LogP contribution >= 0.6 is 23.5 Å². The highest BCUT2D eigenvalue weighted by atomic mass is 32.2. The SMILES string of the molecule is CC[C@@H]1SC[C@H](C)S1. The van der Waals surface area contributed by atoms with E-state index in [1.165, 1.54) is 12.2 Å². The summed E-state index contributed by atoms with van der Waals surface area (Å²) >= 11 is 4.24. The monoisotopic (exact) mass is 148 g/mol. The Labute approximate surface area is 59.8 Å². The fraction of sp³-hybridized carbons (Fsp3) is 1.00. The van der Waals surface area contributed by atoms with Gasteiger partial charge in [-0.2, -0.15) is 0 Å². The Morgan fingerprint density at radius 1 is 1.62 bits per heavy atom. The molecule has 1 fully saturated rings. The van der Waals surface area contributed by atoms with Crippen molar-refractivity contribution in [2.75, 3.05) is 5.75 Å². The van der Waals surface area contributed by atoms with Crippen LogP contribution in [0.25, 0.3) is 0 Å². The van der Waals surface area contributed by atoms with Gasteiger partial charge >= 0.3 is 0 Å². The third-order valence-corrected chi connectivity index (χ3v) is 4.85. The zero-order valence-corrected chi connectivity index (χ0v) is 7.02. The molecule has 0 unspecified atom stereocenters. The van der Waals surface area contributed by atoms with Gasteiger partial charge in [0.05, 0.1) is 4.58 Å². The van der Waals surface area contributed by atoms with Crippen molar-refractivity contribution in [1.29, 1.82) is 0 Å². The molecule has 0 aromatic carbocycles. The predicted octanol–water partition coefficient (Wildman–Crippen LogP) is 2.59. The lowest BCUT2D eigenvalue weighted by molar-refractivity contribution is 1.06. The van der Waals surface area contributed by atoms with Gasteiger partial charge in [0.15, 0.2) is 0 Å². The average Bonchev–Trinajstić information content (AvgIpc) is 2.14. The van der Waals surface area contributed by atoms with Crippen LogP contribution in [0.5, 0.6) is 0 Å². The van der Waals surface area contributed by atoms with E-state index in [-0.39, 0.29) is 0 Å². The minimum Gasteiger partial charge on any atom is -0.146 e. The standard InChI is InChI=1S/C6H12S2/c1-3-6-7-4-5(2)8-6/h5-6H,3-4H2,1-2H3/t5-,6+/m0/s1. The fourth-order valence-corrected chi connectivity index (χ4v) is 3.90. The van der Waals surface area contributed by atoms with Crippen molar-refractivity contribution >= 4 is 23.5 Å². The number of thioether (sulfide) groups is 2. The van der Waals surface area contributed by atoms with Crippen LogP contribution in [0.4, 0.5) is 0 Å². The van der Waals surface area contributed by atoms with Crippen molar-refractivity contribution in [1.82, 2.24) is 0 Å². The smallest absolute Gasteiger partial charge is 0.0503 e. The summed E-state index contributed by atoms with van der Waals surface area (Å²) < 4.78 is 0.907. The van der Waals surface area contributed by atoms with E-state index >= 15 is 0 Å². The maximum absolute atomic E-state index is 2.31. The number of hydrogen-bond donors (Lipinski definition) is 0. The summed E-state index contributed by atoms with van der Waals surface area (Å²) in [7, 11) is 0. The van der Waals surface area contributed by atoms with E-state index in [0.717, 1.165) is 9.83 Å². The minimum absolute atomic E-state index is 0.907. The van der Waals surface area contributed by atoms with Crippen molar-refractivity contribution < 1.29 is 0 Å². The first-order valence-electron chi connectivity index (χ1n) is 3.10. The normalized spacial score (nSPS) is 38.2. The Morgan fingerprint density at radius 3 is 2.62 bits per heavy atom. The van der Waals surface area contributed by atoms with Crippen molar-refractivity contribution in [3.63, 3.8) is 0 Å². The van der Waals surface area contributed by atoms with Crippen LogP contribution in [0.1, 0.15) is 20.3 Å². The molecule has 0 aromatic heterocycles. The minimum atomic E-state index is 0.907. The second-order valence-electron chi connectivity index (χ2n) is 2.12. The molecule has 0 nitrogen and oxygen atoms in total. The Kier molecular flexibility index (Phi) is 2.57. The van der Waals surface area contributed by atoms with Gasteiger partial charge in [-0.25, -0.2) is 0 Å². The molecular weight excluding hydrogens is 136 g/mol. The molecule has 0 N–H and O–H groups in total. The second kappa shape index (κ2) is 3.02. The van der Waals surface area contributed by atoms with Gasteiger partial charge in [0.2, 0.25) is 0 Å². The number of rotatable bonds is 1. The molecule has 2 heteroatoms. The van der Waals surface area contributed by atoms with Gasteiger partial charge < -0.3 is 0 Å². The third-order valence-electron chi connectivity index (χ3n) is 1.23. The second-order valence-corrected chi connectivity index (χ2v) is 5.30. The summed E-state index contributed by atoms with van der Waals surface area (Å²) in [5, 5.41) is 0.907. The van der Waals surface area contributed by atoms with Crippen LogP contribution in [-0.2, 0) is 0 Å². The van der Waals surface area contributed by atoms with E-state index < -0.39 is 0 Å². The van der Waals surface area contributed by atoms with Crippen LogP contribution in [0.2, 0.25) is 0 Å². The maximum Gasteiger partial charge on any atom is 0.0503 e. The molecular formula is C6H12S2. The molecule has 1 heterocycles. The average molecular weight is 148 g/mol. The van der Waals surface area contributed by atoms with E-state index in [2.05, 4.69) is 37.4 Å². The van der Waals surface area contributed by atoms with E-state index in [1.807, 2.05) is 0 Å². The topological polar surface area (TPSA) is 0 Å². The summed E-state index contributed by atoms with van der Waals surface area (Å²) in [6.45, 7) is 4.58. The predicted molar refractivity (Wildman–Crippen MR) is 43.6 cm³/mol. The van der Waals surface area contributed by atoms with Gasteiger partial charge in [0.1, 0.15) is 0 Å². The molecule has 8 heavy (non-hydrogen) atoms. The molecule has 1 aliphatic heterocycles. The van der Waals surface area contributed by atoms with Crippen molar-refractivity contribution in [3.8, 4) is 0 Å². The van der Waals surface area contributed by atoms with E-state index in [0.29, 0.717) is 0 Å². The maximum atomic E-state index is 2.31. The highest BCUT2D eigenvalue weighted by Crippen LogP contribution is 2.38. The molecule has 0 saturated carbocycles. The lowest BCUT2D eigenvalue weighted by Crippen LogP contribution is -1.90. The molecule has 0 aromatic rings. The molecule has 0 radical (unpaired) electrons. The van der Waals surface area contributed by atoms with Crippen molar-refractivity contribution in [2.45, 2.75) is 30.1 Å². The first kappa shape index (κ1) is 6.81. The van der Waals surface area contributed by atoms with E-state index in [4.69, 9.17) is 0 Å². The van der Waals surface area contributed by atoms with E-state index in [1.54, 1.807) is 0 Å². The Balaban J connectivity index is 2.22.